The summed E-state index contributed by atoms with van der Waals surface area (Å²) in [4.78, 5) is 16.7. The van der Waals surface area contributed by atoms with Crippen LogP contribution in [-0.4, -0.2) is 30.3 Å². The van der Waals surface area contributed by atoms with Crippen LogP contribution in [-0.2, 0) is 4.74 Å². The summed E-state index contributed by atoms with van der Waals surface area (Å²) in [5.74, 6) is 0.376. The molecule has 1 aromatic heterocycles. The summed E-state index contributed by atoms with van der Waals surface area (Å²) in [6.07, 6.45) is 10.7. The van der Waals surface area contributed by atoms with Gasteiger partial charge in [-0.15, -0.1) is 0 Å². The van der Waals surface area contributed by atoms with Crippen molar-refractivity contribution >= 4 is 5.97 Å². The number of esters is 1. The molecule has 0 N–H and O–H groups in total. The molecule has 0 aliphatic carbocycles. The molecule has 0 saturated heterocycles. The minimum atomic E-state index is -0.438. The van der Waals surface area contributed by atoms with Gasteiger partial charge in [0.05, 0.1) is 19.3 Å². The zero-order valence-electron chi connectivity index (χ0n) is 14.9. The van der Waals surface area contributed by atoms with Crippen molar-refractivity contribution in [2.24, 2.45) is 0 Å². The summed E-state index contributed by atoms with van der Waals surface area (Å²) in [6.45, 7) is 4.79. The molecular formula is C19H29NO4. The number of fused-ring (bicyclic) bond motifs is 2. The third-order valence-corrected chi connectivity index (χ3v) is 3.96. The van der Waals surface area contributed by atoms with Crippen LogP contribution in [0.25, 0.3) is 0 Å². The van der Waals surface area contributed by atoms with E-state index in [-0.39, 0.29) is 6.10 Å². The maximum atomic E-state index is 12.5. The van der Waals surface area contributed by atoms with Gasteiger partial charge in [-0.2, -0.15) is 0 Å². The van der Waals surface area contributed by atoms with Crippen LogP contribution in [0.15, 0.2) is 12.3 Å². The lowest BCUT2D eigenvalue weighted by Gasteiger charge is -2.15. The number of rotatable bonds is 2. The maximum Gasteiger partial charge on any atom is 0.347 e. The van der Waals surface area contributed by atoms with Gasteiger partial charge < -0.3 is 14.2 Å². The van der Waals surface area contributed by atoms with E-state index < -0.39 is 5.97 Å². The lowest BCUT2D eigenvalue weighted by atomic mass is 10.1. The van der Waals surface area contributed by atoms with Crippen molar-refractivity contribution < 1.29 is 19.0 Å². The van der Waals surface area contributed by atoms with Gasteiger partial charge in [0.25, 0.3) is 0 Å². The predicted octanol–water partition coefficient (Wildman–Crippen LogP) is 4.54. The molecule has 0 fully saturated rings. The SMILES string of the molecule is CC(C)OC(=O)c1c2ccnc1OCCCCCCCCCCO2. The molecule has 24 heavy (non-hydrogen) atoms. The molecular weight excluding hydrogens is 306 g/mol. The molecule has 1 aliphatic heterocycles. The molecule has 5 heteroatoms. The molecule has 134 valence electrons. The predicted molar refractivity (Wildman–Crippen MR) is 92.7 cm³/mol. The highest BCUT2D eigenvalue weighted by atomic mass is 16.5. The Hall–Kier alpha value is -1.78. The van der Waals surface area contributed by atoms with E-state index in [4.69, 9.17) is 14.2 Å². The fraction of sp³-hybridized carbons (Fsp3) is 0.684. The van der Waals surface area contributed by atoms with Crippen molar-refractivity contribution in [3.8, 4) is 11.6 Å². The van der Waals surface area contributed by atoms with E-state index in [1.54, 1.807) is 12.3 Å². The van der Waals surface area contributed by atoms with Crippen molar-refractivity contribution in [2.45, 2.75) is 71.3 Å². The second kappa shape index (κ2) is 10.2. The highest BCUT2D eigenvalue weighted by molar-refractivity contribution is 5.95. The van der Waals surface area contributed by atoms with Crippen molar-refractivity contribution in [1.29, 1.82) is 0 Å². The molecule has 2 heterocycles. The highest BCUT2D eigenvalue weighted by Crippen LogP contribution is 2.28. The van der Waals surface area contributed by atoms with Crippen LogP contribution >= 0.6 is 0 Å². The van der Waals surface area contributed by atoms with E-state index in [0.29, 0.717) is 30.4 Å². The molecule has 0 radical (unpaired) electrons. The monoisotopic (exact) mass is 335 g/mol. The van der Waals surface area contributed by atoms with E-state index >= 15 is 0 Å². The summed E-state index contributed by atoms with van der Waals surface area (Å²) in [5.41, 5.74) is 0.307. The van der Waals surface area contributed by atoms with E-state index in [1.807, 2.05) is 13.8 Å². The first kappa shape index (κ1) is 18.6. The van der Waals surface area contributed by atoms with Crippen molar-refractivity contribution in [1.82, 2.24) is 4.98 Å². The van der Waals surface area contributed by atoms with Crippen LogP contribution in [0.3, 0.4) is 0 Å². The molecule has 0 amide bonds. The van der Waals surface area contributed by atoms with E-state index in [1.165, 1.54) is 25.7 Å². The quantitative estimate of drug-likeness (QED) is 0.743. The Balaban J connectivity index is 2.17. The highest BCUT2D eigenvalue weighted by Gasteiger charge is 2.23. The Morgan fingerprint density at radius 3 is 2.21 bits per heavy atom. The summed E-state index contributed by atoms with van der Waals surface area (Å²) in [5, 5.41) is 0. The number of ether oxygens (including phenoxy) is 3. The molecule has 1 aliphatic rings. The van der Waals surface area contributed by atoms with Crippen molar-refractivity contribution in [3.05, 3.63) is 17.8 Å². The van der Waals surface area contributed by atoms with Crippen molar-refractivity contribution in [2.75, 3.05) is 13.2 Å². The molecule has 0 saturated carbocycles. The Kier molecular flexibility index (Phi) is 7.86. The smallest absolute Gasteiger partial charge is 0.347 e. The summed E-state index contributed by atoms with van der Waals surface area (Å²) in [7, 11) is 0. The average molecular weight is 335 g/mol. The van der Waals surface area contributed by atoms with E-state index in [2.05, 4.69) is 4.98 Å². The maximum absolute atomic E-state index is 12.5. The van der Waals surface area contributed by atoms with Crippen LogP contribution in [0.2, 0.25) is 0 Å². The minimum absolute atomic E-state index is 0.201. The third-order valence-electron chi connectivity index (χ3n) is 3.96. The fourth-order valence-electron chi connectivity index (χ4n) is 2.73. The van der Waals surface area contributed by atoms with Crippen LogP contribution in [0, 0.1) is 0 Å². The van der Waals surface area contributed by atoms with Gasteiger partial charge in [0.1, 0.15) is 5.75 Å². The van der Waals surface area contributed by atoms with Gasteiger partial charge in [-0.1, -0.05) is 38.5 Å². The lowest BCUT2D eigenvalue weighted by Crippen LogP contribution is -2.16. The number of hydrogen-bond donors (Lipinski definition) is 0. The zero-order valence-corrected chi connectivity index (χ0v) is 14.9. The summed E-state index contributed by atoms with van der Waals surface area (Å²) < 4.78 is 16.9. The molecule has 1 aromatic rings. The number of aromatic nitrogens is 1. The molecule has 0 aromatic carbocycles. The summed E-state index contributed by atoms with van der Waals surface area (Å²) in [6, 6.07) is 1.71. The van der Waals surface area contributed by atoms with Crippen LogP contribution in [0.4, 0.5) is 0 Å². The molecule has 5 nitrogen and oxygen atoms in total. The number of pyridine rings is 1. The van der Waals surface area contributed by atoms with Gasteiger partial charge in [0.15, 0.2) is 5.56 Å². The second-order valence-corrected chi connectivity index (χ2v) is 6.47. The van der Waals surface area contributed by atoms with Gasteiger partial charge in [0.2, 0.25) is 5.88 Å². The Bertz CT molecular complexity index is 484. The Labute approximate surface area is 144 Å². The summed E-state index contributed by atoms with van der Waals surface area (Å²) >= 11 is 0. The number of carbonyl (C=O) groups is 1. The van der Waals surface area contributed by atoms with Gasteiger partial charge in [0, 0.05) is 6.20 Å². The standard InChI is InChI=1S/C19H29NO4/c1-15(2)24-19(21)17-16-11-12-20-18(17)23-14-10-8-6-4-3-5-7-9-13-22-16/h11-12,15H,3-10,13-14H2,1-2H3. The minimum Gasteiger partial charge on any atom is -0.492 e. The molecule has 2 bridgehead atoms. The molecule has 0 spiro atoms. The van der Waals surface area contributed by atoms with Gasteiger partial charge in [-0.3, -0.25) is 0 Å². The van der Waals surface area contributed by atoms with Crippen molar-refractivity contribution in [3.63, 3.8) is 0 Å². The first-order valence-electron chi connectivity index (χ1n) is 9.14. The number of hydrogen-bond acceptors (Lipinski definition) is 5. The topological polar surface area (TPSA) is 57.7 Å². The van der Waals surface area contributed by atoms with Crippen LogP contribution in [0.1, 0.15) is 75.6 Å². The fourth-order valence-corrected chi connectivity index (χ4v) is 2.73. The second-order valence-electron chi connectivity index (χ2n) is 6.47. The molecule has 0 unspecified atom stereocenters. The number of carbonyl (C=O) groups excluding carboxylic acids is 1. The normalized spacial score (nSPS) is 17.1. The van der Waals surface area contributed by atoms with E-state index in [9.17, 15) is 4.79 Å². The van der Waals surface area contributed by atoms with Crippen LogP contribution in [0.5, 0.6) is 11.6 Å². The van der Waals surface area contributed by atoms with Gasteiger partial charge >= 0.3 is 5.97 Å². The average Bonchev–Trinajstić information content (AvgIpc) is 2.54. The first-order valence-corrected chi connectivity index (χ1v) is 9.14. The van der Waals surface area contributed by atoms with Crippen LogP contribution < -0.4 is 9.47 Å². The zero-order chi connectivity index (χ0) is 17.2. The Morgan fingerprint density at radius 1 is 1.00 bits per heavy atom. The van der Waals surface area contributed by atoms with E-state index in [0.717, 1.165) is 25.7 Å². The van der Waals surface area contributed by atoms with Gasteiger partial charge in [-0.05, 0) is 32.8 Å². The number of nitrogens with zero attached hydrogens (tertiary/aromatic N) is 1. The molecule has 0 atom stereocenters. The van der Waals surface area contributed by atoms with Gasteiger partial charge in [-0.25, -0.2) is 9.78 Å². The molecule has 2 rings (SSSR count). The largest absolute Gasteiger partial charge is 0.492 e. The Morgan fingerprint density at radius 2 is 1.58 bits per heavy atom. The lowest BCUT2D eigenvalue weighted by molar-refractivity contribution is 0.0367. The first-order chi connectivity index (χ1) is 11.7. The third kappa shape index (κ3) is 6.02.